The van der Waals surface area contributed by atoms with Crippen LogP contribution >= 0.6 is 0 Å². The van der Waals surface area contributed by atoms with Gasteiger partial charge in [-0.25, -0.2) is 0 Å². The summed E-state index contributed by atoms with van der Waals surface area (Å²) in [6.07, 6.45) is -0.516. The predicted molar refractivity (Wildman–Crippen MR) is 120 cm³/mol. The van der Waals surface area contributed by atoms with Crippen LogP contribution in [-0.2, 0) is 0 Å². The number of ketones is 1. The lowest BCUT2D eigenvalue weighted by molar-refractivity contribution is 0.103. The van der Waals surface area contributed by atoms with E-state index in [0.717, 1.165) is 22.3 Å². The van der Waals surface area contributed by atoms with Gasteiger partial charge in [-0.3, -0.25) is 4.79 Å². The van der Waals surface area contributed by atoms with Gasteiger partial charge in [-0.05, 0) is 11.1 Å². The van der Waals surface area contributed by atoms with Crippen LogP contribution in [0.1, 0.15) is 40.6 Å². The van der Waals surface area contributed by atoms with E-state index in [1.165, 1.54) is 0 Å². The van der Waals surface area contributed by atoms with Gasteiger partial charge >= 0.3 is 0 Å². The average molecular weight is 383 g/mol. The van der Waals surface area contributed by atoms with E-state index in [1.807, 2.05) is 121 Å². The lowest BCUT2D eigenvalue weighted by atomic mass is 10.0. The normalized spacial score (nSPS) is 9.72. The van der Waals surface area contributed by atoms with E-state index in [2.05, 4.69) is 0 Å². The number of rotatable bonds is 4. The lowest BCUT2D eigenvalue weighted by Crippen LogP contribution is -1.99. The molecule has 0 radical (unpaired) electrons. The Bertz CT molecular complexity index is 885. The van der Waals surface area contributed by atoms with Gasteiger partial charge in [0.25, 0.3) is 0 Å². The highest BCUT2D eigenvalue weighted by Crippen LogP contribution is 2.20. The first-order valence-electron chi connectivity index (χ1n) is 9.18. The molecule has 146 valence electrons. The molecule has 4 aromatic carbocycles. The molecule has 0 aliphatic carbocycles. The first kappa shape index (κ1) is 21.8. The Hall–Kier alpha value is -3.49. The second-order valence-electron chi connectivity index (χ2n) is 6.29. The molecular formula is C27H26O2. The minimum Gasteiger partial charge on any atom is -0.384 e. The van der Waals surface area contributed by atoms with E-state index < -0.39 is 6.10 Å². The highest BCUT2D eigenvalue weighted by Gasteiger charge is 2.08. The highest BCUT2D eigenvalue weighted by atomic mass is 16.3. The Morgan fingerprint density at radius 2 is 0.793 bits per heavy atom. The molecule has 0 fully saturated rings. The van der Waals surface area contributed by atoms with Crippen LogP contribution in [-0.4, -0.2) is 10.9 Å². The Kier molecular flexibility index (Phi) is 8.55. The van der Waals surface area contributed by atoms with Crippen LogP contribution in [0, 0.1) is 0 Å². The average Bonchev–Trinajstić information content (AvgIpc) is 2.81. The molecule has 0 atom stereocenters. The summed E-state index contributed by atoms with van der Waals surface area (Å²) in [7, 11) is 0. The predicted octanol–water partition coefficient (Wildman–Crippen LogP) is 6.32. The van der Waals surface area contributed by atoms with Gasteiger partial charge in [0.15, 0.2) is 5.78 Å². The van der Waals surface area contributed by atoms with Crippen LogP contribution < -0.4 is 0 Å². The largest absolute Gasteiger partial charge is 0.384 e. The van der Waals surface area contributed by atoms with Crippen molar-refractivity contribution in [1.82, 2.24) is 0 Å². The monoisotopic (exact) mass is 382 g/mol. The smallest absolute Gasteiger partial charge is 0.193 e. The third kappa shape index (κ3) is 6.27. The molecule has 0 amide bonds. The molecule has 0 unspecified atom stereocenters. The fourth-order valence-electron chi connectivity index (χ4n) is 2.81. The van der Waals surface area contributed by atoms with Crippen LogP contribution in [0.15, 0.2) is 121 Å². The third-order valence-corrected chi connectivity index (χ3v) is 4.30. The summed E-state index contributed by atoms with van der Waals surface area (Å²) in [6, 6.07) is 37.9. The molecule has 4 aromatic rings. The Morgan fingerprint density at radius 1 is 0.517 bits per heavy atom. The van der Waals surface area contributed by atoms with E-state index in [1.54, 1.807) is 0 Å². The minimum atomic E-state index is -0.516. The second kappa shape index (κ2) is 11.4. The number of benzene rings is 4. The van der Waals surface area contributed by atoms with Gasteiger partial charge in [0.05, 0.1) is 0 Å². The van der Waals surface area contributed by atoms with Crippen molar-refractivity contribution in [3.63, 3.8) is 0 Å². The molecule has 0 saturated heterocycles. The van der Waals surface area contributed by atoms with E-state index in [0.29, 0.717) is 0 Å². The van der Waals surface area contributed by atoms with E-state index >= 15 is 0 Å². The number of hydrogen-bond acceptors (Lipinski definition) is 2. The molecular weight excluding hydrogens is 356 g/mol. The van der Waals surface area contributed by atoms with Crippen molar-refractivity contribution < 1.29 is 9.90 Å². The van der Waals surface area contributed by atoms with Gasteiger partial charge in [0.2, 0.25) is 0 Å². The zero-order valence-electron chi connectivity index (χ0n) is 15.5. The van der Waals surface area contributed by atoms with Crippen molar-refractivity contribution in [3.8, 4) is 0 Å². The number of carbonyl (C=O) groups excluding carboxylic acids is 1. The molecule has 0 aromatic heterocycles. The zero-order valence-corrected chi connectivity index (χ0v) is 15.5. The molecule has 0 bridgehead atoms. The van der Waals surface area contributed by atoms with Gasteiger partial charge in [-0.2, -0.15) is 0 Å². The first-order chi connectivity index (χ1) is 13.8. The van der Waals surface area contributed by atoms with Crippen LogP contribution in [0.25, 0.3) is 0 Å². The van der Waals surface area contributed by atoms with Gasteiger partial charge in [-0.15, -0.1) is 0 Å². The molecule has 2 nitrogen and oxygen atoms in total. The highest BCUT2D eigenvalue weighted by molar-refractivity contribution is 6.08. The van der Waals surface area contributed by atoms with Crippen LogP contribution in [0.4, 0.5) is 0 Å². The Labute approximate surface area is 173 Å². The van der Waals surface area contributed by atoms with Gasteiger partial charge in [0.1, 0.15) is 6.10 Å². The quantitative estimate of drug-likeness (QED) is 0.419. The van der Waals surface area contributed by atoms with E-state index in [4.69, 9.17) is 0 Å². The number of aliphatic hydroxyl groups excluding tert-OH is 1. The molecule has 29 heavy (non-hydrogen) atoms. The molecule has 4 rings (SSSR count). The van der Waals surface area contributed by atoms with Crippen molar-refractivity contribution in [3.05, 3.63) is 144 Å². The van der Waals surface area contributed by atoms with Gasteiger partial charge in [0, 0.05) is 11.1 Å². The van der Waals surface area contributed by atoms with Gasteiger partial charge < -0.3 is 5.11 Å². The standard InChI is InChI=1S/C13H12O.C13H10O.CH4/c2*14-13(11-7-3-1-4-8-11)12-9-5-2-6-10-12;/h1-10,13-14H;1-10H;1H4. The summed E-state index contributed by atoms with van der Waals surface area (Å²) in [4.78, 5) is 11.8. The SMILES string of the molecule is C.O=C(c1ccccc1)c1ccccc1.OC(c1ccccc1)c1ccccc1. The maximum Gasteiger partial charge on any atom is 0.193 e. The van der Waals surface area contributed by atoms with Crippen molar-refractivity contribution in [2.24, 2.45) is 0 Å². The Balaban J connectivity index is 0.000000200. The Morgan fingerprint density at radius 3 is 1.10 bits per heavy atom. The van der Waals surface area contributed by atoms with Crippen molar-refractivity contribution in [2.75, 3.05) is 0 Å². The molecule has 0 spiro atoms. The summed E-state index contributed by atoms with van der Waals surface area (Å²) in [6.45, 7) is 0. The van der Waals surface area contributed by atoms with Crippen molar-refractivity contribution in [1.29, 1.82) is 0 Å². The number of hydrogen-bond donors (Lipinski definition) is 1. The topological polar surface area (TPSA) is 37.3 Å². The molecule has 1 N–H and O–H groups in total. The summed E-state index contributed by atoms with van der Waals surface area (Å²) < 4.78 is 0. The maximum absolute atomic E-state index is 11.8. The zero-order chi connectivity index (χ0) is 19.6. The number of carbonyl (C=O) groups is 1. The van der Waals surface area contributed by atoms with Crippen LogP contribution in [0.5, 0.6) is 0 Å². The first-order valence-corrected chi connectivity index (χ1v) is 9.18. The molecule has 2 heteroatoms. The van der Waals surface area contributed by atoms with Crippen molar-refractivity contribution in [2.45, 2.75) is 13.5 Å². The summed E-state index contributed by atoms with van der Waals surface area (Å²) in [5.74, 6) is 0.0752. The molecule has 0 aliphatic rings. The molecule has 0 saturated carbocycles. The van der Waals surface area contributed by atoms with E-state index in [9.17, 15) is 9.90 Å². The summed E-state index contributed by atoms with van der Waals surface area (Å²) >= 11 is 0. The fraction of sp³-hybridized carbons (Fsp3) is 0.0741. The van der Waals surface area contributed by atoms with Gasteiger partial charge in [-0.1, -0.05) is 129 Å². The molecule has 0 aliphatic heterocycles. The maximum atomic E-state index is 11.8. The summed E-state index contributed by atoms with van der Waals surface area (Å²) in [5, 5.41) is 9.99. The minimum absolute atomic E-state index is 0. The summed E-state index contributed by atoms with van der Waals surface area (Å²) in [5.41, 5.74) is 3.33. The second-order valence-corrected chi connectivity index (χ2v) is 6.29. The third-order valence-electron chi connectivity index (χ3n) is 4.30. The van der Waals surface area contributed by atoms with Crippen LogP contribution in [0.2, 0.25) is 0 Å². The van der Waals surface area contributed by atoms with Crippen molar-refractivity contribution >= 4 is 5.78 Å². The molecule has 0 heterocycles. The number of aliphatic hydroxyl groups is 1. The van der Waals surface area contributed by atoms with Crippen LogP contribution in [0.3, 0.4) is 0 Å². The van der Waals surface area contributed by atoms with E-state index in [-0.39, 0.29) is 13.2 Å². The lowest BCUT2D eigenvalue weighted by Gasteiger charge is -2.10. The fourth-order valence-corrected chi connectivity index (χ4v) is 2.81.